The smallest absolute Gasteiger partial charge is 0.254 e. The lowest BCUT2D eigenvalue weighted by molar-refractivity contribution is 0.0303. The first-order valence-electron chi connectivity index (χ1n) is 10.0. The third-order valence-electron chi connectivity index (χ3n) is 5.01. The molecule has 1 aliphatic heterocycles. The van der Waals surface area contributed by atoms with Crippen LogP contribution in [0, 0.1) is 0 Å². The lowest BCUT2D eigenvalue weighted by Gasteiger charge is -2.26. The molecule has 0 bridgehead atoms. The fraction of sp³-hybridized carbons (Fsp3) is 0.261. The van der Waals surface area contributed by atoms with E-state index in [0.717, 1.165) is 22.1 Å². The van der Waals surface area contributed by atoms with E-state index in [1.54, 1.807) is 11.8 Å². The summed E-state index contributed by atoms with van der Waals surface area (Å²) in [6, 6.07) is 15.4. The van der Waals surface area contributed by atoms with Crippen LogP contribution in [0.3, 0.4) is 0 Å². The average molecular weight is 455 g/mol. The number of halogens is 1. The van der Waals surface area contributed by atoms with Crippen LogP contribution >= 0.6 is 23.4 Å². The quantitative estimate of drug-likeness (QED) is 0.387. The number of thioether (sulfide) groups is 1. The number of benzene rings is 2. The van der Waals surface area contributed by atoms with Crippen LogP contribution in [-0.4, -0.2) is 51.9 Å². The van der Waals surface area contributed by atoms with Gasteiger partial charge >= 0.3 is 0 Å². The molecule has 1 saturated heterocycles. The zero-order chi connectivity index (χ0) is 21.6. The maximum Gasteiger partial charge on any atom is 0.254 e. The molecule has 6 nitrogen and oxygen atoms in total. The fourth-order valence-corrected chi connectivity index (χ4v) is 4.50. The third kappa shape index (κ3) is 5.01. The van der Waals surface area contributed by atoms with Gasteiger partial charge in [-0.15, -0.1) is 16.8 Å². The molecule has 1 fully saturated rings. The van der Waals surface area contributed by atoms with Crippen LogP contribution in [0.4, 0.5) is 0 Å². The van der Waals surface area contributed by atoms with Crippen molar-refractivity contribution in [2.45, 2.75) is 17.5 Å². The first-order chi connectivity index (χ1) is 15.2. The van der Waals surface area contributed by atoms with Gasteiger partial charge in [0.2, 0.25) is 0 Å². The van der Waals surface area contributed by atoms with Crippen LogP contribution in [0.1, 0.15) is 15.9 Å². The van der Waals surface area contributed by atoms with Gasteiger partial charge in [-0.2, -0.15) is 0 Å². The molecule has 1 aliphatic rings. The monoisotopic (exact) mass is 454 g/mol. The molecule has 160 valence electrons. The van der Waals surface area contributed by atoms with Gasteiger partial charge in [-0.1, -0.05) is 53.7 Å². The van der Waals surface area contributed by atoms with Crippen molar-refractivity contribution in [3.63, 3.8) is 0 Å². The minimum atomic E-state index is 0.0533. The van der Waals surface area contributed by atoms with Gasteiger partial charge in [0, 0.05) is 36.5 Å². The van der Waals surface area contributed by atoms with Crippen LogP contribution in [0.2, 0.25) is 5.02 Å². The molecule has 3 aromatic rings. The van der Waals surface area contributed by atoms with E-state index in [2.05, 4.69) is 16.8 Å². The summed E-state index contributed by atoms with van der Waals surface area (Å²) in [6.07, 6.45) is 1.82. The molecule has 0 radical (unpaired) electrons. The van der Waals surface area contributed by atoms with Crippen molar-refractivity contribution in [2.24, 2.45) is 0 Å². The van der Waals surface area contributed by atoms with Gasteiger partial charge < -0.3 is 9.64 Å². The Morgan fingerprint density at radius 2 is 1.87 bits per heavy atom. The maximum absolute atomic E-state index is 12.6. The van der Waals surface area contributed by atoms with Gasteiger partial charge in [0.15, 0.2) is 11.0 Å². The molecule has 2 heterocycles. The Morgan fingerprint density at radius 3 is 2.58 bits per heavy atom. The molecule has 0 aliphatic carbocycles. The Morgan fingerprint density at radius 1 is 1.13 bits per heavy atom. The van der Waals surface area contributed by atoms with Gasteiger partial charge in [-0.05, 0) is 29.8 Å². The van der Waals surface area contributed by atoms with E-state index in [1.807, 2.05) is 64.1 Å². The van der Waals surface area contributed by atoms with Crippen molar-refractivity contribution in [3.8, 4) is 11.4 Å². The molecule has 31 heavy (non-hydrogen) atoms. The van der Waals surface area contributed by atoms with E-state index in [9.17, 15) is 4.79 Å². The summed E-state index contributed by atoms with van der Waals surface area (Å²) < 4.78 is 7.33. The summed E-state index contributed by atoms with van der Waals surface area (Å²) >= 11 is 7.95. The molecule has 0 atom stereocenters. The summed E-state index contributed by atoms with van der Waals surface area (Å²) in [7, 11) is 0. The number of morpholine rings is 1. The van der Waals surface area contributed by atoms with E-state index >= 15 is 0 Å². The number of hydrogen-bond donors (Lipinski definition) is 0. The second-order valence-corrected chi connectivity index (χ2v) is 8.43. The predicted octanol–water partition coefficient (Wildman–Crippen LogP) is 4.55. The molecular weight excluding hydrogens is 432 g/mol. The summed E-state index contributed by atoms with van der Waals surface area (Å²) in [5, 5.41) is 10.2. The first-order valence-corrected chi connectivity index (χ1v) is 11.4. The zero-order valence-electron chi connectivity index (χ0n) is 17.0. The molecule has 4 rings (SSSR count). The van der Waals surface area contributed by atoms with Crippen LogP contribution in [0.5, 0.6) is 0 Å². The number of amides is 1. The summed E-state index contributed by atoms with van der Waals surface area (Å²) in [4.78, 5) is 14.4. The maximum atomic E-state index is 12.6. The molecule has 0 N–H and O–H groups in total. The van der Waals surface area contributed by atoms with E-state index in [4.69, 9.17) is 16.3 Å². The van der Waals surface area contributed by atoms with E-state index in [0.29, 0.717) is 49.2 Å². The standard InChI is InChI=1S/C23H23ClN4O2S/c1-2-11-28-21(19-5-3-4-6-20(19)24)25-26-23(28)31-16-17-7-9-18(10-8-17)22(29)27-12-14-30-15-13-27/h2-10H,1,11-16H2. The van der Waals surface area contributed by atoms with Gasteiger partial charge in [0.05, 0.1) is 18.2 Å². The first kappa shape index (κ1) is 21.6. The van der Waals surface area contributed by atoms with Gasteiger partial charge in [-0.25, -0.2) is 0 Å². The Hall–Kier alpha value is -2.61. The summed E-state index contributed by atoms with van der Waals surface area (Å²) in [5.74, 6) is 1.49. The zero-order valence-corrected chi connectivity index (χ0v) is 18.6. The van der Waals surface area contributed by atoms with E-state index in [-0.39, 0.29) is 5.91 Å². The van der Waals surface area contributed by atoms with Crippen molar-refractivity contribution in [1.82, 2.24) is 19.7 Å². The minimum absolute atomic E-state index is 0.0533. The van der Waals surface area contributed by atoms with Crippen molar-refractivity contribution >= 4 is 29.3 Å². The molecule has 0 saturated carbocycles. The van der Waals surface area contributed by atoms with Gasteiger partial charge in [0.25, 0.3) is 5.91 Å². The molecule has 2 aromatic carbocycles. The fourth-order valence-electron chi connectivity index (χ4n) is 3.37. The number of ether oxygens (including phenoxy) is 1. The average Bonchev–Trinajstić information content (AvgIpc) is 3.21. The van der Waals surface area contributed by atoms with Crippen molar-refractivity contribution in [2.75, 3.05) is 26.3 Å². The number of carbonyl (C=O) groups excluding carboxylic acids is 1. The largest absolute Gasteiger partial charge is 0.378 e. The highest BCUT2D eigenvalue weighted by atomic mass is 35.5. The number of carbonyl (C=O) groups is 1. The normalized spacial score (nSPS) is 13.9. The predicted molar refractivity (Wildman–Crippen MR) is 123 cm³/mol. The van der Waals surface area contributed by atoms with Gasteiger partial charge in [0.1, 0.15) is 0 Å². The Kier molecular flexibility index (Phi) is 7.06. The molecule has 0 unspecified atom stereocenters. The second-order valence-electron chi connectivity index (χ2n) is 7.08. The number of hydrogen-bond acceptors (Lipinski definition) is 5. The topological polar surface area (TPSA) is 60.2 Å². The second kappa shape index (κ2) is 10.1. The van der Waals surface area contributed by atoms with Crippen LogP contribution in [-0.2, 0) is 17.0 Å². The van der Waals surface area contributed by atoms with Crippen LogP contribution in [0.15, 0.2) is 66.3 Å². The third-order valence-corrected chi connectivity index (χ3v) is 6.38. The Balaban J connectivity index is 1.46. The minimum Gasteiger partial charge on any atom is -0.378 e. The molecular formula is C23H23ClN4O2S. The van der Waals surface area contributed by atoms with Crippen LogP contribution < -0.4 is 0 Å². The summed E-state index contributed by atoms with van der Waals surface area (Å²) in [6.45, 7) is 6.92. The van der Waals surface area contributed by atoms with E-state index in [1.165, 1.54) is 0 Å². The molecule has 1 amide bonds. The van der Waals surface area contributed by atoms with Gasteiger partial charge in [-0.3, -0.25) is 9.36 Å². The van der Waals surface area contributed by atoms with E-state index < -0.39 is 0 Å². The van der Waals surface area contributed by atoms with Crippen molar-refractivity contribution < 1.29 is 9.53 Å². The number of aromatic nitrogens is 3. The highest BCUT2D eigenvalue weighted by Gasteiger charge is 2.19. The molecule has 8 heteroatoms. The number of rotatable bonds is 7. The highest BCUT2D eigenvalue weighted by molar-refractivity contribution is 7.98. The highest BCUT2D eigenvalue weighted by Crippen LogP contribution is 2.30. The molecule has 0 spiro atoms. The lowest BCUT2D eigenvalue weighted by atomic mass is 10.1. The Labute approximate surface area is 190 Å². The van der Waals surface area contributed by atoms with Crippen molar-refractivity contribution in [3.05, 3.63) is 77.3 Å². The molecule has 1 aromatic heterocycles. The number of allylic oxidation sites excluding steroid dienone is 1. The lowest BCUT2D eigenvalue weighted by Crippen LogP contribution is -2.40. The SMILES string of the molecule is C=CCn1c(SCc2ccc(C(=O)N3CCOCC3)cc2)nnc1-c1ccccc1Cl. The Bertz CT molecular complexity index is 1060. The van der Waals surface area contributed by atoms with Crippen molar-refractivity contribution in [1.29, 1.82) is 0 Å². The van der Waals surface area contributed by atoms with Crippen LogP contribution in [0.25, 0.3) is 11.4 Å². The number of nitrogens with zero attached hydrogens (tertiary/aromatic N) is 4. The summed E-state index contributed by atoms with van der Waals surface area (Å²) in [5.41, 5.74) is 2.65.